The normalized spacial score (nSPS) is 11.1. The van der Waals surface area contributed by atoms with E-state index in [1.807, 2.05) is 6.07 Å². The van der Waals surface area contributed by atoms with Crippen LogP contribution in [0.5, 0.6) is 0 Å². The summed E-state index contributed by atoms with van der Waals surface area (Å²) < 4.78 is 6.66. The molecule has 122 valence electrons. The van der Waals surface area contributed by atoms with Crippen LogP contribution in [-0.4, -0.2) is 33.0 Å². The Morgan fingerprint density at radius 3 is 2.65 bits per heavy atom. The van der Waals surface area contributed by atoms with Crippen molar-refractivity contribution in [3.05, 3.63) is 47.1 Å². The van der Waals surface area contributed by atoms with E-state index in [9.17, 15) is 9.59 Å². The highest BCUT2D eigenvalue weighted by atomic mass is 16.6. The fraction of sp³-hybridized carbons (Fsp3) is 0.375. The maximum Gasteiger partial charge on any atom is 0.407 e. The van der Waals surface area contributed by atoms with Crippen molar-refractivity contribution in [2.75, 3.05) is 6.54 Å². The average molecular weight is 316 g/mol. The molecule has 2 heterocycles. The van der Waals surface area contributed by atoms with E-state index >= 15 is 0 Å². The fourth-order valence-corrected chi connectivity index (χ4v) is 1.93. The Morgan fingerprint density at radius 2 is 2.04 bits per heavy atom. The molecule has 0 saturated carbocycles. The van der Waals surface area contributed by atoms with E-state index < -0.39 is 11.7 Å². The van der Waals surface area contributed by atoms with Crippen LogP contribution in [0.15, 0.2) is 41.6 Å². The molecule has 0 fully saturated rings. The first-order chi connectivity index (χ1) is 10.8. The van der Waals surface area contributed by atoms with Crippen LogP contribution in [0.3, 0.4) is 0 Å². The van der Waals surface area contributed by atoms with Gasteiger partial charge in [-0.25, -0.2) is 4.79 Å². The number of hydrogen-bond donors (Lipinski definition) is 1. The van der Waals surface area contributed by atoms with Crippen molar-refractivity contribution in [2.45, 2.75) is 32.9 Å². The lowest BCUT2D eigenvalue weighted by molar-refractivity contribution is 0.0526. The monoisotopic (exact) mass is 316 g/mol. The van der Waals surface area contributed by atoms with Gasteiger partial charge in [-0.1, -0.05) is 0 Å². The molecule has 1 amide bonds. The van der Waals surface area contributed by atoms with E-state index in [0.29, 0.717) is 13.1 Å². The van der Waals surface area contributed by atoms with Gasteiger partial charge in [0.25, 0.3) is 5.56 Å². The van der Waals surface area contributed by atoms with E-state index in [2.05, 4.69) is 15.5 Å². The van der Waals surface area contributed by atoms with Gasteiger partial charge in [-0.15, -0.1) is 0 Å². The molecule has 7 heteroatoms. The number of carbonyl (C=O) groups is 1. The van der Waals surface area contributed by atoms with Gasteiger partial charge in [0.15, 0.2) is 0 Å². The van der Waals surface area contributed by atoms with Crippen LogP contribution in [-0.2, 0) is 11.3 Å². The van der Waals surface area contributed by atoms with Gasteiger partial charge in [-0.2, -0.15) is 10.2 Å². The molecule has 0 aliphatic heterocycles. The second kappa shape index (κ2) is 7.04. The van der Waals surface area contributed by atoms with Crippen LogP contribution >= 0.6 is 0 Å². The third-order valence-corrected chi connectivity index (χ3v) is 2.93. The first-order valence-corrected chi connectivity index (χ1v) is 7.29. The van der Waals surface area contributed by atoms with Crippen LogP contribution in [0.1, 0.15) is 20.8 Å². The van der Waals surface area contributed by atoms with E-state index in [4.69, 9.17) is 4.74 Å². The Balaban J connectivity index is 1.95. The van der Waals surface area contributed by atoms with Gasteiger partial charge in [0.05, 0.1) is 12.4 Å². The summed E-state index contributed by atoms with van der Waals surface area (Å²) in [5.41, 5.74) is 0.920. The highest BCUT2D eigenvalue weighted by molar-refractivity contribution is 5.67. The molecular weight excluding hydrogens is 296 g/mol. The molecule has 0 aromatic carbocycles. The summed E-state index contributed by atoms with van der Waals surface area (Å²) in [7, 11) is 0. The van der Waals surface area contributed by atoms with E-state index in [-0.39, 0.29) is 5.56 Å². The number of hydrogen-bond acceptors (Lipinski definition) is 5. The first kappa shape index (κ1) is 16.7. The lowest BCUT2D eigenvalue weighted by Gasteiger charge is -2.19. The van der Waals surface area contributed by atoms with E-state index in [0.717, 1.165) is 11.1 Å². The largest absolute Gasteiger partial charge is 0.444 e. The molecule has 0 aliphatic carbocycles. The lowest BCUT2D eigenvalue weighted by atomic mass is 10.1. The summed E-state index contributed by atoms with van der Waals surface area (Å²) in [6.07, 6.45) is 4.37. The Bertz CT molecular complexity index is 720. The molecule has 0 atom stereocenters. The number of ether oxygens (including phenoxy) is 1. The minimum Gasteiger partial charge on any atom is -0.444 e. The first-order valence-electron chi connectivity index (χ1n) is 7.29. The molecule has 7 nitrogen and oxygen atoms in total. The minimum absolute atomic E-state index is 0.148. The lowest BCUT2D eigenvalue weighted by Crippen LogP contribution is -2.35. The molecule has 0 radical (unpaired) electrons. The molecular formula is C16H20N4O3. The number of rotatable bonds is 4. The average Bonchev–Trinajstić information content (AvgIpc) is 2.48. The van der Waals surface area contributed by atoms with Crippen molar-refractivity contribution >= 4 is 6.09 Å². The predicted molar refractivity (Wildman–Crippen MR) is 86.0 cm³/mol. The number of pyridine rings is 1. The van der Waals surface area contributed by atoms with Crippen LogP contribution in [0.4, 0.5) is 4.79 Å². The molecule has 1 N–H and O–H groups in total. The highest BCUT2D eigenvalue weighted by Gasteiger charge is 2.15. The molecule has 0 saturated heterocycles. The summed E-state index contributed by atoms with van der Waals surface area (Å²) in [5, 5.41) is 10.1. The van der Waals surface area contributed by atoms with Gasteiger partial charge in [-0.05, 0) is 38.5 Å². The number of carbonyl (C=O) groups excluding carboxylic acids is 1. The van der Waals surface area contributed by atoms with Crippen LogP contribution in [0.25, 0.3) is 11.1 Å². The second-order valence-electron chi connectivity index (χ2n) is 6.01. The van der Waals surface area contributed by atoms with Gasteiger partial charge in [0, 0.05) is 30.9 Å². The standard InChI is InChI=1S/C16H20N4O3/c1-16(2,3)23-15(22)17-7-9-20-8-5-12(10-14(20)21)13-4-6-18-19-11-13/h4-6,8,10-11H,7,9H2,1-3H3,(H,17,22). The smallest absolute Gasteiger partial charge is 0.407 e. The summed E-state index contributed by atoms with van der Waals surface area (Å²) in [6.45, 7) is 6.06. The van der Waals surface area contributed by atoms with Gasteiger partial charge < -0.3 is 14.6 Å². The number of nitrogens with zero attached hydrogens (tertiary/aromatic N) is 3. The van der Waals surface area contributed by atoms with Crippen molar-refractivity contribution < 1.29 is 9.53 Å². The van der Waals surface area contributed by atoms with Crippen molar-refractivity contribution in [3.8, 4) is 11.1 Å². The van der Waals surface area contributed by atoms with Crippen molar-refractivity contribution in [1.29, 1.82) is 0 Å². The predicted octanol–water partition coefficient (Wildman–Crippen LogP) is 1.83. The summed E-state index contributed by atoms with van der Waals surface area (Å²) in [4.78, 5) is 23.6. The van der Waals surface area contributed by atoms with Crippen molar-refractivity contribution in [2.24, 2.45) is 0 Å². The quantitative estimate of drug-likeness (QED) is 0.930. The molecule has 0 unspecified atom stereocenters. The van der Waals surface area contributed by atoms with Gasteiger partial charge in [-0.3, -0.25) is 4.79 Å². The van der Waals surface area contributed by atoms with E-state index in [1.165, 1.54) is 10.6 Å². The maximum atomic E-state index is 12.1. The molecule has 0 bridgehead atoms. The van der Waals surface area contributed by atoms with Crippen LogP contribution in [0.2, 0.25) is 0 Å². The molecule has 0 spiro atoms. The van der Waals surface area contributed by atoms with Gasteiger partial charge >= 0.3 is 6.09 Å². The number of nitrogens with one attached hydrogen (secondary N) is 1. The molecule has 2 aromatic heterocycles. The Kier molecular flexibility index (Phi) is 5.10. The topological polar surface area (TPSA) is 86.1 Å². The molecule has 2 aromatic rings. The summed E-state index contributed by atoms with van der Waals surface area (Å²) in [6, 6.07) is 5.15. The molecule has 23 heavy (non-hydrogen) atoms. The van der Waals surface area contributed by atoms with Crippen molar-refractivity contribution in [1.82, 2.24) is 20.1 Å². The number of amides is 1. The van der Waals surface area contributed by atoms with Crippen LogP contribution < -0.4 is 10.9 Å². The zero-order valence-electron chi connectivity index (χ0n) is 13.4. The van der Waals surface area contributed by atoms with Gasteiger partial charge in [0.2, 0.25) is 0 Å². The molecule has 0 aliphatic rings. The summed E-state index contributed by atoms with van der Waals surface area (Å²) >= 11 is 0. The van der Waals surface area contributed by atoms with Crippen LogP contribution in [0, 0.1) is 0 Å². The Hall–Kier alpha value is -2.70. The number of aromatic nitrogens is 3. The second-order valence-corrected chi connectivity index (χ2v) is 6.01. The number of alkyl carbamates (subject to hydrolysis) is 1. The van der Waals surface area contributed by atoms with Crippen molar-refractivity contribution in [3.63, 3.8) is 0 Å². The third-order valence-electron chi connectivity index (χ3n) is 2.93. The Morgan fingerprint density at radius 1 is 1.26 bits per heavy atom. The fourth-order valence-electron chi connectivity index (χ4n) is 1.93. The third kappa shape index (κ3) is 5.21. The highest BCUT2D eigenvalue weighted by Crippen LogP contribution is 2.14. The van der Waals surface area contributed by atoms with Gasteiger partial charge in [0.1, 0.15) is 5.60 Å². The zero-order valence-corrected chi connectivity index (χ0v) is 13.4. The zero-order chi connectivity index (χ0) is 16.9. The summed E-state index contributed by atoms with van der Waals surface area (Å²) in [5.74, 6) is 0. The van der Waals surface area contributed by atoms with E-state index in [1.54, 1.807) is 45.4 Å². The molecule has 2 rings (SSSR count). The maximum absolute atomic E-state index is 12.1. The Labute approximate surface area is 134 Å². The SMILES string of the molecule is CC(C)(C)OC(=O)NCCn1ccc(-c2ccnnc2)cc1=O. The minimum atomic E-state index is -0.541.